The van der Waals surface area contributed by atoms with Gasteiger partial charge >= 0.3 is 5.97 Å². The maximum atomic E-state index is 13.6. The molecule has 0 radical (unpaired) electrons. The van der Waals surface area contributed by atoms with Crippen LogP contribution in [0.4, 0.5) is 4.39 Å². The van der Waals surface area contributed by atoms with Gasteiger partial charge in [-0.25, -0.2) is 9.18 Å². The van der Waals surface area contributed by atoms with Crippen molar-refractivity contribution in [3.63, 3.8) is 0 Å². The molecule has 1 atom stereocenters. The molecule has 0 N–H and O–H groups in total. The maximum Gasteiger partial charge on any atom is 0.351 e. The van der Waals surface area contributed by atoms with E-state index in [4.69, 9.17) is 25.8 Å². The molecule has 0 saturated heterocycles. The number of fused-ring (bicyclic) bond motifs is 1. The van der Waals surface area contributed by atoms with E-state index in [0.29, 0.717) is 11.5 Å². The highest BCUT2D eigenvalue weighted by molar-refractivity contribution is 6.31. The minimum absolute atomic E-state index is 0.0425. The van der Waals surface area contributed by atoms with Crippen molar-refractivity contribution in [1.29, 1.82) is 0 Å². The predicted molar refractivity (Wildman–Crippen MR) is 77.6 cm³/mol. The molecule has 0 aromatic heterocycles. The van der Waals surface area contributed by atoms with Crippen LogP contribution in [0.1, 0.15) is 5.56 Å². The minimum Gasteiger partial charge on any atom is -0.485 e. The quantitative estimate of drug-likeness (QED) is 0.813. The van der Waals surface area contributed by atoms with E-state index in [9.17, 15) is 9.18 Å². The Morgan fingerprint density at radius 2 is 2.00 bits per heavy atom. The molecule has 0 bridgehead atoms. The van der Waals surface area contributed by atoms with Crippen molar-refractivity contribution in [1.82, 2.24) is 0 Å². The van der Waals surface area contributed by atoms with E-state index in [2.05, 4.69) is 0 Å². The highest BCUT2D eigenvalue weighted by Gasteiger charge is 2.29. The highest BCUT2D eigenvalue weighted by Crippen LogP contribution is 2.31. The fourth-order valence-corrected chi connectivity index (χ4v) is 2.26. The Kier molecular flexibility index (Phi) is 4.15. The summed E-state index contributed by atoms with van der Waals surface area (Å²) >= 11 is 5.88. The SMILES string of the molecule is O=C(OCc1c(F)cccc1Cl)[C@H]1COc2ccccc2O1. The molecule has 0 amide bonds. The summed E-state index contributed by atoms with van der Waals surface area (Å²) < 4.78 is 29.6. The number of esters is 1. The lowest BCUT2D eigenvalue weighted by Crippen LogP contribution is -2.37. The van der Waals surface area contributed by atoms with Crippen LogP contribution in [0.25, 0.3) is 0 Å². The summed E-state index contributed by atoms with van der Waals surface area (Å²) in [5.74, 6) is -0.108. The smallest absolute Gasteiger partial charge is 0.351 e. The van der Waals surface area contributed by atoms with Crippen LogP contribution in [0, 0.1) is 5.82 Å². The second kappa shape index (κ2) is 6.23. The standard InChI is InChI=1S/C16H12ClFO4/c17-11-4-3-5-12(18)10(11)8-21-16(19)15-9-20-13-6-1-2-7-14(13)22-15/h1-7,15H,8-9H2/t15-/m1/s1. The fourth-order valence-electron chi connectivity index (χ4n) is 2.04. The molecule has 0 spiro atoms. The van der Waals surface area contributed by atoms with Crippen LogP contribution in [-0.4, -0.2) is 18.7 Å². The molecule has 0 unspecified atom stereocenters. The van der Waals surface area contributed by atoms with Crippen molar-refractivity contribution >= 4 is 17.6 Å². The Labute approximate surface area is 131 Å². The number of carbonyl (C=O) groups excluding carboxylic acids is 1. The summed E-state index contributed by atoms with van der Waals surface area (Å²) in [6.45, 7) is -0.216. The lowest BCUT2D eigenvalue weighted by Gasteiger charge is -2.25. The summed E-state index contributed by atoms with van der Waals surface area (Å²) in [6.07, 6.45) is -0.888. The average Bonchev–Trinajstić information content (AvgIpc) is 2.53. The van der Waals surface area contributed by atoms with Gasteiger partial charge in [-0.1, -0.05) is 29.8 Å². The molecule has 0 fully saturated rings. The molecule has 1 heterocycles. The van der Waals surface area contributed by atoms with Gasteiger partial charge in [-0.15, -0.1) is 0 Å². The van der Waals surface area contributed by atoms with Gasteiger partial charge in [0.05, 0.1) is 5.02 Å². The monoisotopic (exact) mass is 322 g/mol. The summed E-state index contributed by atoms with van der Waals surface area (Å²) in [4.78, 5) is 12.0. The second-order valence-corrected chi connectivity index (χ2v) is 5.08. The molecular weight excluding hydrogens is 311 g/mol. The number of para-hydroxylation sites is 2. The van der Waals surface area contributed by atoms with E-state index in [1.807, 2.05) is 0 Å². The Morgan fingerprint density at radius 1 is 1.23 bits per heavy atom. The topological polar surface area (TPSA) is 44.8 Å². The summed E-state index contributed by atoms with van der Waals surface area (Å²) in [7, 11) is 0. The van der Waals surface area contributed by atoms with Crippen LogP contribution >= 0.6 is 11.6 Å². The number of hydrogen-bond donors (Lipinski definition) is 0. The number of benzene rings is 2. The van der Waals surface area contributed by atoms with E-state index < -0.39 is 17.9 Å². The van der Waals surface area contributed by atoms with Gasteiger partial charge in [-0.2, -0.15) is 0 Å². The number of halogens is 2. The van der Waals surface area contributed by atoms with Gasteiger partial charge in [0, 0.05) is 5.56 Å². The molecule has 0 saturated carbocycles. The van der Waals surface area contributed by atoms with Crippen molar-refractivity contribution in [2.24, 2.45) is 0 Å². The van der Waals surface area contributed by atoms with Crippen molar-refractivity contribution < 1.29 is 23.4 Å². The molecule has 2 aromatic carbocycles. The van der Waals surface area contributed by atoms with Crippen LogP contribution in [-0.2, 0) is 16.1 Å². The van der Waals surface area contributed by atoms with Crippen molar-refractivity contribution in [3.8, 4) is 11.5 Å². The number of rotatable bonds is 3. The zero-order valence-corrected chi connectivity index (χ0v) is 12.2. The first-order valence-corrected chi connectivity index (χ1v) is 7.01. The summed E-state index contributed by atoms with van der Waals surface area (Å²) in [5.41, 5.74) is 0.134. The number of hydrogen-bond acceptors (Lipinski definition) is 4. The Morgan fingerprint density at radius 3 is 2.77 bits per heavy atom. The Balaban J connectivity index is 1.64. The van der Waals surface area contributed by atoms with Gasteiger partial charge in [-0.05, 0) is 24.3 Å². The van der Waals surface area contributed by atoms with Crippen LogP contribution in [0.3, 0.4) is 0 Å². The first-order chi connectivity index (χ1) is 10.6. The van der Waals surface area contributed by atoms with Crippen molar-refractivity contribution in [2.75, 3.05) is 6.61 Å². The van der Waals surface area contributed by atoms with Gasteiger partial charge in [0.2, 0.25) is 6.10 Å². The normalized spacial score (nSPS) is 16.2. The minimum atomic E-state index is -0.888. The van der Waals surface area contributed by atoms with Crippen LogP contribution in [0.5, 0.6) is 11.5 Å². The van der Waals surface area contributed by atoms with E-state index in [1.165, 1.54) is 18.2 Å². The third-order valence-electron chi connectivity index (χ3n) is 3.19. The summed E-state index contributed by atoms with van der Waals surface area (Å²) in [5, 5.41) is 0.207. The van der Waals surface area contributed by atoms with Gasteiger partial charge in [0.1, 0.15) is 19.0 Å². The van der Waals surface area contributed by atoms with E-state index in [-0.39, 0.29) is 23.8 Å². The molecule has 6 heteroatoms. The van der Waals surface area contributed by atoms with Gasteiger partial charge in [0.15, 0.2) is 11.5 Å². The Bertz CT molecular complexity index is 684. The summed E-state index contributed by atoms with van der Waals surface area (Å²) in [6, 6.07) is 11.3. The molecule has 22 heavy (non-hydrogen) atoms. The molecule has 1 aliphatic heterocycles. The van der Waals surface area contributed by atoms with Crippen molar-refractivity contribution in [2.45, 2.75) is 12.7 Å². The van der Waals surface area contributed by atoms with Crippen LogP contribution < -0.4 is 9.47 Å². The average molecular weight is 323 g/mol. The van der Waals surface area contributed by atoms with E-state index in [0.717, 1.165) is 0 Å². The molecule has 114 valence electrons. The number of ether oxygens (including phenoxy) is 3. The Hall–Kier alpha value is -2.27. The van der Waals surface area contributed by atoms with E-state index in [1.54, 1.807) is 24.3 Å². The zero-order chi connectivity index (χ0) is 15.5. The molecule has 2 aromatic rings. The molecule has 0 aliphatic carbocycles. The molecule has 1 aliphatic rings. The maximum absolute atomic E-state index is 13.6. The lowest BCUT2D eigenvalue weighted by molar-refractivity contribution is -0.155. The van der Waals surface area contributed by atoms with Crippen LogP contribution in [0.2, 0.25) is 5.02 Å². The zero-order valence-electron chi connectivity index (χ0n) is 11.4. The molecular formula is C16H12ClFO4. The van der Waals surface area contributed by atoms with Gasteiger partial charge in [-0.3, -0.25) is 0 Å². The van der Waals surface area contributed by atoms with Crippen molar-refractivity contribution in [3.05, 3.63) is 58.9 Å². The van der Waals surface area contributed by atoms with Gasteiger partial charge < -0.3 is 14.2 Å². The largest absolute Gasteiger partial charge is 0.485 e. The second-order valence-electron chi connectivity index (χ2n) is 4.67. The van der Waals surface area contributed by atoms with Gasteiger partial charge in [0.25, 0.3) is 0 Å². The first-order valence-electron chi connectivity index (χ1n) is 6.63. The molecule has 3 rings (SSSR count). The first kappa shape index (κ1) is 14.7. The molecule has 4 nitrogen and oxygen atoms in total. The number of carbonyl (C=O) groups is 1. The lowest BCUT2D eigenvalue weighted by atomic mass is 10.2. The predicted octanol–water partition coefficient (Wildman–Crippen LogP) is 3.36. The third kappa shape index (κ3) is 2.99. The van der Waals surface area contributed by atoms with Crippen LogP contribution in [0.15, 0.2) is 42.5 Å². The fraction of sp³-hybridized carbons (Fsp3) is 0.188. The van der Waals surface area contributed by atoms with E-state index >= 15 is 0 Å². The third-order valence-corrected chi connectivity index (χ3v) is 3.55. The highest BCUT2D eigenvalue weighted by atomic mass is 35.5.